The molecule has 3 rings (SSSR count). The van der Waals surface area contributed by atoms with E-state index >= 15 is 0 Å². The van der Waals surface area contributed by atoms with E-state index in [2.05, 4.69) is 4.98 Å². The molecule has 3 heterocycles. The molecule has 0 aromatic carbocycles. The highest BCUT2D eigenvalue weighted by Gasteiger charge is 2.46. The Bertz CT molecular complexity index is 651. The Balaban J connectivity index is 1.66. The van der Waals surface area contributed by atoms with E-state index in [0.29, 0.717) is 30.9 Å². The molecule has 2 saturated heterocycles. The van der Waals surface area contributed by atoms with Crippen LogP contribution in [0.15, 0.2) is 18.3 Å². The van der Waals surface area contributed by atoms with E-state index in [4.69, 9.17) is 9.47 Å². The number of hydrogen-bond donors (Lipinski definition) is 0. The summed E-state index contributed by atoms with van der Waals surface area (Å²) >= 11 is 0. The van der Waals surface area contributed by atoms with Crippen LogP contribution in [0.3, 0.4) is 0 Å². The number of amides is 1. The van der Waals surface area contributed by atoms with Gasteiger partial charge in [-0.05, 0) is 59.4 Å². The molecule has 0 radical (unpaired) electrons. The van der Waals surface area contributed by atoms with Gasteiger partial charge in [0.25, 0.3) is 0 Å². The molecule has 1 amide bonds. The lowest BCUT2D eigenvalue weighted by Gasteiger charge is -2.39. The number of aromatic nitrogens is 1. The average Bonchev–Trinajstić information content (AvgIpc) is 2.84. The standard InChI is InChI=1S/C20H28N2O4/c1-5-25-17-9-6-13(12-21-17)18(23)14-10-15-7-8-16(11-14)22(15)19(24)26-20(2,3)4/h6,9,12,14-16H,5,7-8,10-11H2,1-4H3. The van der Waals surface area contributed by atoms with Gasteiger partial charge >= 0.3 is 6.09 Å². The predicted octanol–water partition coefficient (Wildman–Crippen LogP) is 3.84. The van der Waals surface area contributed by atoms with E-state index in [1.807, 2.05) is 32.6 Å². The zero-order chi connectivity index (χ0) is 18.9. The second-order valence-corrected chi connectivity index (χ2v) is 8.12. The number of piperidine rings is 1. The molecular formula is C20H28N2O4. The van der Waals surface area contributed by atoms with Crippen LogP contribution in [-0.4, -0.2) is 46.1 Å². The number of nitrogens with zero attached hydrogens (tertiary/aromatic N) is 2. The number of hydrogen-bond acceptors (Lipinski definition) is 5. The lowest BCUT2D eigenvalue weighted by molar-refractivity contribution is 0.00254. The largest absolute Gasteiger partial charge is 0.478 e. The molecule has 2 bridgehead atoms. The van der Waals surface area contributed by atoms with Crippen molar-refractivity contribution in [1.29, 1.82) is 0 Å². The van der Waals surface area contributed by atoms with Gasteiger partial charge in [0.15, 0.2) is 5.78 Å². The van der Waals surface area contributed by atoms with E-state index in [1.165, 1.54) is 0 Å². The van der Waals surface area contributed by atoms with Crippen LogP contribution in [0.1, 0.15) is 63.7 Å². The van der Waals surface area contributed by atoms with E-state index in [1.54, 1.807) is 18.3 Å². The third-order valence-corrected chi connectivity index (χ3v) is 5.02. The first kappa shape index (κ1) is 18.7. The quantitative estimate of drug-likeness (QED) is 0.763. The van der Waals surface area contributed by atoms with Crippen LogP contribution >= 0.6 is 0 Å². The highest BCUT2D eigenvalue weighted by Crippen LogP contribution is 2.40. The van der Waals surface area contributed by atoms with Crippen molar-refractivity contribution in [2.45, 2.75) is 71.1 Å². The molecule has 2 fully saturated rings. The highest BCUT2D eigenvalue weighted by molar-refractivity contribution is 5.97. The van der Waals surface area contributed by atoms with Crippen molar-refractivity contribution in [3.05, 3.63) is 23.9 Å². The Morgan fingerprint density at radius 3 is 2.35 bits per heavy atom. The first-order chi connectivity index (χ1) is 12.3. The summed E-state index contributed by atoms with van der Waals surface area (Å²) in [6.45, 7) is 8.08. The highest BCUT2D eigenvalue weighted by atomic mass is 16.6. The van der Waals surface area contributed by atoms with Crippen LogP contribution in [0.5, 0.6) is 5.88 Å². The average molecular weight is 360 g/mol. The van der Waals surface area contributed by atoms with Gasteiger partial charge in [-0.2, -0.15) is 0 Å². The second kappa shape index (κ2) is 7.25. The minimum Gasteiger partial charge on any atom is -0.478 e. The van der Waals surface area contributed by atoms with E-state index < -0.39 is 5.60 Å². The molecule has 1 aromatic heterocycles. The van der Waals surface area contributed by atoms with Gasteiger partial charge in [-0.15, -0.1) is 0 Å². The van der Waals surface area contributed by atoms with Crippen molar-refractivity contribution in [2.75, 3.05) is 6.61 Å². The van der Waals surface area contributed by atoms with Crippen LogP contribution in [0, 0.1) is 5.92 Å². The minimum absolute atomic E-state index is 0.0640. The maximum atomic E-state index is 12.9. The molecule has 2 unspecified atom stereocenters. The van der Waals surface area contributed by atoms with Gasteiger partial charge in [0.1, 0.15) is 5.60 Å². The van der Waals surface area contributed by atoms with Gasteiger partial charge in [-0.25, -0.2) is 9.78 Å². The number of carbonyl (C=O) groups is 2. The summed E-state index contributed by atoms with van der Waals surface area (Å²) in [5, 5.41) is 0. The van der Waals surface area contributed by atoms with E-state index in [0.717, 1.165) is 12.8 Å². The van der Waals surface area contributed by atoms with Crippen LogP contribution < -0.4 is 4.74 Å². The molecule has 0 N–H and O–H groups in total. The molecule has 2 atom stereocenters. The van der Waals surface area contributed by atoms with Crippen LogP contribution in [-0.2, 0) is 4.74 Å². The number of Topliss-reactive ketones (excluding diaryl/α,β-unsaturated/α-hetero) is 1. The lowest BCUT2D eigenvalue weighted by atomic mass is 9.85. The predicted molar refractivity (Wildman–Crippen MR) is 97.3 cm³/mol. The van der Waals surface area contributed by atoms with Crippen molar-refractivity contribution < 1.29 is 19.1 Å². The van der Waals surface area contributed by atoms with Gasteiger partial charge in [-0.3, -0.25) is 4.79 Å². The first-order valence-corrected chi connectivity index (χ1v) is 9.43. The molecule has 26 heavy (non-hydrogen) atoms. The van der Waals surface area contributed by atoms with Crippen LogP contribution in [0.2, 0.25) is 0 Å². The van der Waals surface area contributed by atoms with Gasteiger partial charge in [-0.1, -0.05) is 0 Å². The number of fused-ring (bicyclic) bond motifs is 2. The third kappa shape index (κ3) is 4.00. The summed E-state index contributed by atoms with van der Waals surface area (Å²) in [6.07, 6.45) is 4.61. The topological polar surface area (TPSA) is 68.7 Å². The van der Waals surface area contributed by atoms with Crippen LogP contribution in [0.4, 0.5) is 4.79 Å². The smallest absolute Gasteiger partial charge is 0.410 e. The summed E-state index contributed by atoms with van der Waals surface area (Å²) in [5.41, 5.74) is 0.112. The number of ketones is 1. The molecule has 2 aliphatic rings. The summed E-state index contributed by atoms with van der Waals surface area (Å²) < 4.78 is 10.9. The first-order valence-electron chi connectivity index (χ1n) is 9.43. The third-order valence-electron chi connectivity index (χ3n) is 5.02. The summed E-state index contributed by atoms with van der Waals surface area (Å²) in [7, 11) is 0. The van der Waals surface area contributed by atoms with Crippen molar-refractivity contribution in [3.63, 3.8) is 0 Å². The zero-order valence-corrected chi connectivity index (χ0v) is 16.0. The fourth-order valence-electron chi connectivity index (χ4n) is 4.00. The molecule has 1 aromatic rings. The lowest BCUT2D eigenvalue weighted by Crippen LogP contribution is -2.49. The van der Waals surface area contributed by atoms with Crippen molar-refractivity contribution >= 4 is 11.9 Å². The summed E-state index contributed by atoms with van der Waals surface area (Å²) in [5.74, 6) is 0.580. The molecule has 142 valence electrons. The molecule has 0 saturated carbocycles. The molecule has 0 spiro atoms. The van der Waals surface area contributed by atoms with E-state index in [-0.39, 0.29) is 29.9 Å². The second-order valence-electron chi connectivity index (χ2n) is 8.12. The maximum absolute atomic E-state index is 12.9. The Morgan fingerprint density at radius 2 is 1.85 bits per heavy atom. The van der Waals surface area contributed by atoms with Crippen molar-refractivity contribution in [1.82, 2.24) is 9.88 Å². The maximum Gasteiger partial charge on any atom is 0.410 e. The van der Waals surface area contributed by atoms with Crippen molar-refractivity contribution in [2.24, 2.45) is 5.92 Å². The Hall–Kier alpha value is -2.11. The Morgan fingerprint density at radius 1 is 1.19 bits per heavy atom. The summed E-state index contributed by atoms with van der Waals surface area (Å²) in [4.78, 5) is 31.5. The van der Waals surface area contributed by atoms with Gasteiger partial charge in [0.2, 0.25) is 5.88 Å². The zero-order valence-electron chi connectivity index (χ0n) is 16.0. The molecule has 0 aliphatic carbocycles. The van der Waals surface area contributed by atoms with Crippen LogP contribution in [0.25, 0.3) is 0 Å². The molecule has 2 aliphatic heterocycles. The number of ether oxygens (including phenoxy) is 2. The SMILES string of the molecule is CCOc1ccc(C(=O)C2CC3CCC(C2)N3C(=O)OC(C)(C)C)cn1. The van der Waals surface area contributed by atoms with Gasteiger partial charge < -0.3 is 14.4 Å². The Labute approximate surface area is 154 Å². The molecular weight excluding hydrogens is 332 g/mol. The van der Waals surface area contributed by atoms with Gasteiger partial charge in [0, 0.05) is 35.8 Å². The van der Waals surface area contributed by atoms with Gasteiger partial charge in [0.05, 0.1) is 6.61 Å². The monoisotopic (exact) mass is 360 g/mol. The number of rotatable bonds is 4. The minimum atomic E-state index is -0.503. The Kier molecular flexibility index (Phi) is 5.21. The fraction of sp³-hybridized carbons (Fsp3) is 0.650. The fourth-order valence-corrected chi connectivity index (χ4v) is 4.00. The molecule has 6 nitrogen and oxygen atoms in total. The number of pyridine rings is 1. The normalized spacial score (nSPS) is 25.1. The molecule has 6 heteroatoms. The number of carbonyl (C=O) groups excluding carboxylic acids is 2. The van der Waals surface area contributed by atoms with E-state index in [9.17, 15) is 9.59 Å². The van der Waals surface area contributed by atoms with Crippen molar-refractivity contribution in [3.8, 4) is 5.88 Å². The summed E-state index contributed by atoms with van der Waals surface area (Å²) in [6, 6.07) is 3.70.